The van der Waals surface area contributed by atoms with Gasteiger partial charge in [-0.3, -0.25) is 0 Å². The Hall–Kier alpha value is -2.38. The number of thiophene rings is 4. The minimum atomic E-state index is -0.853. The van der Waals surface area contributed by atoms with E-state index in [9.17, 15) is 0 Å². The Morgan fingerprint density at radius 2 is 0.833 bits per heavy atom. The summed E-state index contributed by atoms with van der Waals surface area (Å²) < 4.78 is 28.9. The summed E-state index contributed by atoms with van der Waals surface area (Å²) in [6.07, 6.45) is 0. The van der Waals surface area contributed by atoms with Crippen LogP contribution in [-0.4, -0.2) is 27.8 Å². The molecule has 6 rings (SSSR count). The first-order chi connectivity index (χ1) is 20.8. The molecule has 42 heavy (non-hydrogen) atoms. The zero-order valence-electron chi connectivity index (χ0n) is 23.0. The highest BCUT2D eigenvalue weighted by atomic mass is 32.1. The maximum absolute atomic E-state index is 6.36. The van der Waals surface area contributed by atoms with Crippen LogP contribution in [0, 0.1) is 0 Å². The smallest absolute Gasteiger partial charge is 0.188 e. The Balaban J connectivity index is 1.67. The Kier molecular flexibility index (Phi) is 10.2. The van der Waals surface area contributed by atoms with Crippen LogP contribution < -0.4 is 38.6 Å². The molecule has 4 aromatic heterocycles. The molecule has 4 heterocycles. The molecule has 0 fully saturated rings. The minimum absolute atomic E-state index is 0.146. The average molecular weight is 667 g/mol. The van der Waals surface area contributed by atoms with E-state index in [-0.39, 0.29) is 13.6 Å². The van der Waals surface area contributed by atoms with Gasteiger partial charge in [0, 0.05) is 59.7 Å². The first-order valence-electron chi connectivity index (χ1n) is 13.0. The third-order valence-corrected chi connectivity index (χ3v) is 16.5. The summed E-state index contributed by atoms with van der Waals surface area (Å²) in [7, 11) is 1.60. The van der Waals surface area contributed by atoms with Crippen LogP contribution in [0.15, 0.2) is 106 Å². The molecule has 0 bridgehead atoms. The first-order valence-corrected chi connectivity index (χ1v) is 19.2. The SMILES string of the molecule is COCOc1cccc(P(c2cccs2)c2cccs2)c1-c1c(OCOC)cccc1P(c1cccs1)c1cccs1. The second-order valence-electron chi connectivity index (χ2n) is 8.88. The van der Waals surface area contributed by atoms with Crippen molar-refractivity contribution in [3.05, 3.63) is 106 Å². The van der Waals surface area contributed by atoms with Gasteiger partial charge in [0.1, 0.15) is 11.5 Å². The number of ether oxygens (including phenoxy) is 4. The topological polar surface area (TPSA) is 36.9 Å². The van der Waals surface area contributed by atoms with E-state index in [0.29, 0.717) is 0 Å². The molecule has 0 saturated carbocycles. The molecular weight excluding hydrogens is 639 g/mol. The summed E-state index contributed by atoms with van der Waals surface area (Å²) in [4.78, 5) is 0. The van der Waals surface area contributed by atoms with Gasteiger partial charge >= 0.3 is 0 Å². The molecule has 6 aromatic rings. The Morgan fingerprint density at radius 1 is 0.476 bits per heavy atom. The highest BCUT2D eigenvalue weighted by molar-refractivity contribution is 7.88. The molecule has 0 aliphatic carbocycles. The summed E-state index contributed by atoms with van der Waals surface area (Å²) in [6.45, 7) is 0.293. The molecule has 214 valence electrons. The number of hydrogen-bond acceptors (Lipinski definition) is 8. The maximum atomic E-state index is 6.36. The molecule has 0 aliphatic rings. The van der Waals surface area contributed by atoms with Crippen LogP contribution in [0.3, 0.4) is 0 Å². The molecule has 0 radical (unpaired) electrons. The highest BCUT2D eigenvalue weighted by Crippen LogP contribution is 2.48. The molecule has 0 N–H and O–H groups in total. The van der Waals surface area contributed by atoms with Gasteiger partial charge < -0.3 is 18.9 Å². The number of benzene rings is 2. The van der Waals surface area contributed by atoms with E-state index in [0.717, 1.165) is 22.6 Å². The summed E-state index contributed by atoms with van der Waals surface area (Å²) in [6, 6.07) is 30.4. The van der Waals surface area contributed by atoms with Gasteiger partial charge in [-0.2, -0.15) is 0 Å². The van der Waals surface area contributed by atoms with Crippen molar-refractivity contribution >= 4 is 90.3 Å². The standard InChI is InChI=1S/C32H28O4P2S4/c1-33-21-35-23-9-3-11-25(37(27-13-5-17-39-27)28-14-6-18-40-28)31(23)32-24(36-22-34-2)10-4-12-26(32)38(29-15-7-19-41-29)30-16-8-20-42-30/h3-20H,21-22H2,1-2H3. The summed E-state index contributed by atoms with van der Waals surface area (Å²) in [5.41, 5.74) is 2.09. The van der Waals surface area contributed by atoms with Gasteiger partial charge in [0.2, 0.25) is 0 Å². The second kappa shape index (κ2) is 14.4. The molecule has 0 aliphatic heterocycles. The van der Waals surface area contributed by atoms with Gasteiger partial charge in [-0.25, -0.2) is 0 Å². The fourth-order valence-electron chi connectivity index (χ4n) is 4.68. The fraction of sp³-hybridized carbons (Fsp3) is 0.125. The van der Waals surface area contributed by atoms with Gasteiger partial charge in [-0.15, -0.1) is 45.3 Å². The number of hydrogen-bond donors (Lipinski definition) is 0. The lowest BCUT2D eigenvalue weighted by molar-refractivity contribution is 0.0501. The van der Waals surface area contributed by atoms with Crippen LogP contribution >= 0.6 is 61.2 Å². The van der Waals surface area contributed by atoms with Gasteiger partial charge in [-0.1, -0.05) is 48.5 Å². The summed E-state index contributed by atoms with van der Waals surface area (Å²) in [5, 5.41) is 11.1. The molecule has 0 amide bonds. The monoisotopic (exact) mass is 666 g/mol. The van der Waals surface area contributed by atoms with Crippen LogP contribution in [0.5, 0.6) is 11.5 Å². The fourth-order valence-corrected chi connectivity index (χ4v) is 15.3. The normalized spacial score (nSPS) is 11.4. The predicted octanol–water partition coefficient (Wildman–Crippen LogP) is 7.08. The van der Waals surface area contributed by atoms with Crippen molar-refractivity contribution in [2.75, 3.05) is 27.8 Å². The van der Waals surface area contributed by atoms with Crippen molar-refractivity contribution in [1.82, 2.24) is 0 Å². The van der Waals surface area contributed by atoms with Crippen LogP contribution in [0.4, 0.5) is 0 Å². The van der Waals surface area contributed by atoms with Crippen molar-refractivity contribution in [2.45, 2.75) is 0 Å². The first kappa shape index (κ1) is 29.7. The van der Waals surface area contributed by atoms with E-state index in [4.69, 9.17) is 18.9 Å². The zero-order valence-corrected chi connectivity index (χ0v) is 28.0. The van der Waals surface area contributed by atoms with Crippen LogP contribution in [0.25, 0.3) is 11.1 Å². The second-order valence-corrected chi connectivity index (χ2v) is 18.1. The zero-order chi connectivity index (χ0) is 28.7. The third-order valence-electron chi connectivity index (χ3n) is 6.31. The molecule has 0 unspecified atom stereocenters. The lowest BCUT2D eigenvalue weighted by Gasteiger charge is -2.27. The number of rotatable bonds is 13. The predicted molar refractivity (Wildman–Crippen MR) is 186 cm³/mol. The Labute approximate surface area is 264 Å². The molecule has 4 nitrogen and oxygen atoms in total. The van der Waals surface area contributed by atoms with E-state index in [1.165, 1.54) is 29.1 Å². The Bertz CT molecular complexity index is 1470. The van der Waals surface area contributed by atoms with Crippen molar-refractivity contribution in [2.24, 2.45) is 0 Å². The van der Waals surface area contributed by atoms with Crippen molar-refractivity contribution in [3.63, 3.8) is 0 Å². The third kappa shape index (κ3) is 6.28. The van der Waals surface area contributed by atoms with Gasteiger partial charge in [0.25, 0.3) is 0 Å². The van der Waals surface area contributed by atoms with E-state index in [2.05, 4.69) is 94.3 Å². The van der Waals surface area contributed by atoms with E-state index < -0.39 is 15.8 Å². The van der Waals surface area contributed by atoms with Crippen LogP contribution in [0.1, 0.15) is 0 Å². The van der Waals surface area contributed by atoms with E-state index in [1.54, 1.807) is 59.6 Å². The van der Waals surface area contributed by atoms with Crippen LogP contribution in [0.2, 0.25) is 0 Å². The van der Waals surface area contributed by atoms with E-state index in [1.807, 2.05) is 12.1 Å². The lowest BCUT2D eigenvalue weighted by Crippen LogP contribution is -2.24. The minimum Gasteiger partial charge on any atom is -0.467 e. The molecule has 0 spiro atoms. The molecular formula is C32H28O4P2S4. The van der Waals surface area contributed by atoms with Crippen molar-refractivity contribution in [3.8, 4) is 22.6 Å². The van der Waals surface area contributed by atoms with Gasteiger partial charge in [0.05, 0.1) is 0 Å². The van der Waals surface area contributed by atoms with Crippen molar-refractivity contribution < 1.29 is 18.9 Å². The molecule has 0 atom stereocenters. The molecule has 10 heteroatoms. The van der Waals surface area contributed by atoms with Gasteiger partial charge in [-0.05, 0) is 68.5 Å². The van der Waals surface area contributed by atoms with Gasteiger partial charge in [0.15, 0.2) is 13.6 Å². The van der Waals surface area contributed by atoms with Crippen molar-refractivity contribution in [1.29, 1.82) is 0 Å². The van der Waals surface area contributed by atoms with E-state index >= 15 is 0 Å². The molecule has 2 aromatic carbocycles. The molecule has 0 saturated heterocycles. The Morgan fingerprint density at radius 3 is 1.12 bits per heavy atom. The lowest BCUT2D eigenvalue weighted by atomic mass is 10.0. The quantitative estimate of drug-likeness (QED) is 0.0976. The number of methoxy groups -OCH3 is 2. The average Bonchev–Trinajstić information content (AvgIpc) is 3.85. The highest BCUT2D eigenvalue weighted by Gasteiger charge is 2.31. The largest absolute Gasteiger partial charge is 0.467 e. The summed E-state index contributed by atoms with van der Waals surface area (Å²) in [5.74, 6) is 1.55. The maximum Gasteiger partial charge on any atom is 0.188 e. The van der Waals surface area contributed by atoms with Crippen LogP contribution in [-0.2, 0) is 9.47 Å². The summed E-state index contributed by atoms with van der Waals surface area (Å²) >= 11 is 7.21.